The zero-order valence-corrected chi connectivity index (χ0v) is 12.2. The molecule has 0 spiro atoms. The van der Waals surface area contributed by atoms with E-state index in [4.69, 9.17) is 0 Å². The maximum Gasteiger partial charge on any atom is 0.114 e. The Balaban J connectivity index is 1.91. The SMILES string of the molecule is Cc1sccc1C(O)c1cc2c(s1)CCCCC2. The third-order valence-electron chi connectivity index (χ3n) is 3.73. The van der Waals surface area contributed by atoms with Crippen LogP contribution in [0.2, 0.25) is 0 Å². The fourth-order valence-corrected chi connectivity index (χ4v) is 4.65. The molecule has 2 aromatic heterocycles. The van der Waals surface area contributed by atoms with Gasteiger partial charge in [0.05, 0.1) is 0 Å². The van der Waals surface area contributed by atoms with Gasteiger partial charge in [-0.15, -0.1) is 22.7 Å². The standard InChI is InChI=1S/C15H18OS2/c1-10-12(7-8-17-10)15(16)14-9-11-5-3-2-4-6-13(11)18-14/h7-9,15-16H,2-6H2,1H3. The molecule has 1 aliphatic rings. The highest BCUT2D eigenvalue weighted by atomic mass is 32.1. The summed E-state index contributed by atoms with van der Waals surface area (Å²) in [6.07, 6.45) is 5.93. The van der Waals surface area contributed by atoms with Crippen molar-refractivity contribution >= 4 is 22.7 Å². The van der Waals surface area contributed by atoms with E-state index in [9.17, 15) is 5.11 Å². The Morgan fingerprint density at radius 2 is 2.06 bits per heavy atom. The first-order valence-corrected chi connectivity index (χ1v) is 8.29. The third-order valence-corrected chi connectivity index (χ3v) is 5.88. The van der Waals surface area contributed by atoms with Crippen LogP contribution in [0.25, 0.3) is 0 Å². The molecule has 0 saturated carbocycles. The molecule has 0 saturated heterocycles. The lowest BCUT2D eigenvalue weighted by Gasteiger charge is -2.07. The normalized spacial score (nSPS) is 17.2. The van der Waals surface area contributed by atoms with E-state index in [-0.39, 0.29) is 0 Å². The van der Waals surface area contributed by atoms with Crippen LogP contribution in [0.4, 0.5) is 0 Å². The van der Waals surface area contributed by atoms with Crippen LogP contribution in [0, 0.1) is 6.92 Å². The Morgan fingerprint density at radius 1 is 1.22 bits per heavy atom. The molecule has 96 valence electrons. The summed E-state index contributed by atoms with van der Waals surface area (Å²) >= 11 is 3.53. The molecule has 18 heavy (non-hydrogen) atoms. The third kappa shape index (κ3) is 2.27. The molecule has 1 N–H and O–H groups in total. The van der Waals surface area contributed by atoms with Crippen molar-refractivity contribution in [1.82, 2.24) is 0 Å². The van der Waals surface area contributed by atoms with Gasteiger partial charge in [0.2, 0.25) is 0 Å². The maximum atomic E-state index is 10.5. The average molecular weight is 278 g/mol. The average Bonchev–Trinajstić information content (AvgIpc) is 2.90. The van der Waals surface area contributed by atoms with E-state index in [0.717, 1.165) is 10.4 Å². The molecule has 0 bridgehead atoms. The van der Waals surface area contributed by atoms with E-state index < -0.39 is 6.10 Å². The van der Waals surface area contributed by atoms with E-state index in [0.29, 0.717) is 0 Å². The van der Waals surface area contributed by atoms with Gasteiger partial charge >= 0.3 is 0 Å². The van der Waals surface area contributed by atoms with Gasteiger partial charge in [-0.2, -0.15) is 0 Å². The van der Waals surface area contributed by atoms with Gasteiger partial charge in [-0.3, -0.25) is 0 Å². The molecule has 1 aliphatic carbocycles. The van der Waals surface area contributed by atoms with E-state index in [1.807, 2.05) is 11.3 Å². The summed E-state index contributed by atoms with van der Waals surface area (Å²) in [7, 11) is 0. The first-order valence-electron chi connectivity index (χ1n) is 6.59. The Hall–Kier alpha value is -0.640. The molecular weight excluding hydrogens is 260 g/mol. The fourth-order valence-electron chi connectivity index (χ4n) is 2.66. The number of hydrogen-bond acceptors (Lipinski definition) is 3. The van der Waals surface area contributed by atoms with Gasteiger partial charge in [-0.1, -0.05) is 6.42 Å². The first-order chi connectivity index (χ1) is 8.75. The lowest BCUT2D eigenvalue weighted by atomic mass is 10.1. The number of fused-ring (bicyclic) bond motifs is 1. The largest absolute Gasteiger partial charge is 0.383 e. The highest BCUT2D eigenvalue weighted by Gasteiger charge is 2.19. The summed E-state index contributed by atoms with van der Waals surface area (Å²) in [6.45, 7) is 2.09. The maximum absolute atomic E-state index is 10.5. The predicted octanol–water partition coefficient (Wildman–Crippen LogP) is 4.47. The Kier molecular flexibility index (Phi) is 3.55. The van der Waals surface area contributed by atoms with Crippen LogP contribution < -0.4 is 0 Å². The number of aliphatic hydroxyl groups is 1. The second-order valence-corrected chi connectivity index (χ2v) is 7.28. The molecule has 0 amide bonds. The molecule has 1 atom stereocenters. The predicted molar refractivity (Wildman–Crippen MR) is 78.7 cm³/mol. The van der Waals surface area contributed by atoms with Crippen molar-refractivity contribution in [2.24, 2.45) is 0 Å². The van der Waals surface area contributed by atoms with Crippen LogP contribution >= 0.6 is 22.7 Å². The highest BCUT2D eigenvalue weighted by molar-refractivity contribution is 7.12. The summed E-state index contributed by atoms with van der Waals surface area (Å²) in [4.78, 5) is 3.86. The summed E-state index contributed by atoms with van der Waals surface area (Å²) in [6, 6.07) is 4.29. The summed E-state index contributed by atoms with van der Waals surface area (Å²) < 4.78 is 0. The minimum absolute atomic E-state index is 0.423. The number of rotatable bonds is 2. The fraction of sp³-hybridized carbons (Fsp3) is 0.467. The number of aliphatic hydroxyl groups excluding tert-OH is 1. The van der Waals surface area contributed by atoms with Crippen LogP contribution in [0.1, 0.15) is 51.1 Å². The van der Waals surface area contributed by atoms with Crippen molar-refractivity contribution in [3.05, 3.63) is 43.3 Å². The van der Waals surface area contributed by atoms with Gasteiger partial charge < -0.3 is 5.11 Å². The zero-order valence-electron chi connectivity index (χ0n) is 10.6. The minimum Gasteiger partial charge on any atom is -0.383 e. The molecule has 0 aromatic carbocycles. The molecule has 1 nitrogen and oxygen atoms in total. The lowest BCUT2D eigenvalue weighted by molar-refractivity contribution is 0.224. The van der Waals surface area contributed by atoms with Crippen LogP contribution in [0.3, 0.4) is 0 Å². The van der Waals surface area contributed by atoms with Crippen LogP contribution in [-0.2, 0) is 12.8 Å². The summed E-state index contributed by atoms with van der Waals surface area (Å²) in [5.41, 5.74) is 2.57. The molecular formula is C15H18OS2. The highest BCUT2D eigenvalue weighted by Crippen LogP contribution is 2.36. The van der Waals surface area contributed by atoms with E-state index >= 15 is 0 Å². The van der Waals surface area contributed by atoms with Gasteiger partial charge in [0.25, 0.3) is 0 Å². The van der Waals surface area contributed by atoms with Gasteiger partial charge in [0.1, 0.15) is 6.10 Å². The number of hydrogen-bond donors (Lipinski definition) is 1. The molecule has 2 aromatic rings. The molecule has 0 radical (unpaired) electrons. The van der Waals surface area contributed by atoms with Crippen LogP contribution in [0.15, 0.2) is 17.5 Å². The van der Waals surface area contributed by atoms with Gasteiger partial charge in [-0.05, 0) is 61.2 Å². The van der Waals surface area contributed by atoms with Crippen molar-refractivity contribution in [3.63, 3.8) is 0 Å². The second-order valence-electron chi connectivity index (χ2n) is 4.99. The summed E-state index contributed by atoms with van der Waals surface area (Å²) in [5.74, 6) is 0. The van der Waals surface area contributed by atoms with Gasteiger partial charge in [0, 0.05) is 14.6 Å². The Morgan fingerprint density at radius 3 is 2.83 bits per heavy atom. The van der Waals surface area contributed by atoms with Crippen molar-refractivity contribution in [3.8, 4) is 0 Å². The first kappa shape index (κ1) is 12.4. The van der Waals surface area contributed by atoms with Gasteiger partial charge in [-0.25, -0.2) is 0 Å². The quantitative estimate of drug-likeness (QED) is 0.804. The molecule has 1 unspecified atom stereocenters. The number of aryl methyl sites for hydroxylation is 3. The lowest BCUT2D eigenvalue weighted by Crippen LogP contribution is -1.96. The summed E-state index contributed by atoms with van der Waals surface area (Å²) in [5, 5.41) is 12.6. The van der Waals surface area contributed by atoms with Crippen molar-refractivity contribution in [1.29, 1.82) is 0 Å². The van der Waals surface area contributed by atoms with Gasteiger partial charge in [0.15, 0.2) is 0 Å². The molecule has 2 heterocycles. The van der Waals surface area contributed by atoms with Crippen molar-refractivity contribution in [2.75, 3.05) is 0 Å². The molecule has 3 heteroatoms. The Labute approximate surface area is 116 Å². The van der Waals surface area contributed by atoms with Crippen molar-refractivity contribution < 1.29 is 5.11 Å². The topological polar surface area (TPSA) is 20.2 Å². The van der Waals surface area contributed by atoms with E-state index in [2.05, 4.69) is 24.4 Å². The number of thiophene rings is 2. The molecule has 0 aliphatic heterocycles. The monoisotopic (exact) mass is 278 g/mol. The van der Waals surface area contributed by atoms with E-state index in [1.165, 1.54) is 47.4 Å². The van der Waals surface area contributed by atoms with Crippen LogP contribution in [-0.4, -0.2) is 5.11 Å². The molecule has 0 fully saturated rings. The molecule has 3 rings (SSSR count). The second kappa shape index (κ2) is 5.16. The van der Waals surface area contributed by atoms with Crippen LogP contribution in [0.5, 0.6) is 0 Å². The van der Waals surface area contributed by atoms with E-state index in [1.54, 1.807) is 11.3 Å². The Bertz CT molecular complexity index is 515. The van der Waals surface area contributed by atoms with Crippen molar-refractivity contribution in [2.45, 2.75) is 45.1 Å². The minimum atomic E-state index is -0.423. The smallest absolute Gasteiger partial charge is 0.114 e. The zero-order chi connectivity index (χ0) is 12.5.